The number of benzene rings is 2. The topological polar surface area (TPSA) is 59.1 Å². The minimum Gasteiger partial charge on any atom is -0.454 e. The fourth-order valence-corrected chi connectivity index (χ4v) is 5.92. The molecule has 30 heavy (non-hydrogen) atoms. The van der Waals surface area contributed by atoms with E-state index in [1.807, 2.05) is 30.3 Å². The minimum absolute atomic E-state index is 0. The first-order valence-electron chi connectivity index (χ1n) is 10.3. The lowest BCUT2D eigenvalue weighted by Crippen LogP contribution is -2.48. The van der Waals surface area contributed by atoms with Gasteiger partial charge in [-0.2, -0.15) is 4.31 Å². The Kier molecular flexibility index (Phi) is 6.25. The lowest BCUT2D eigenvalue weighted by atomic mass is 9.92. The van der Waals surface area contributed by atoms with Crippen LogP contribution in [0.2, 0.25) is 0 Å². The number of aryl methyl sites for hydroxylation is 2. The van der Waals surface area contributed by atoms with Crippen LogP contribution in [-0.2, 0) is 29.4 Å². The van der Waals surface area contributed by atoms with Crippen LogP contribution >= 0.6 is 12.4 Å². The Balaban J connectivity index is 0.00000218. The second-order valence-corrected chi connectivity index (χ2v) is 9.94. The van der Waals surface area contributed by atoms with Crippen molar-refractivity contribution in [1.29, 1.82) is 0 Å². The number of nitrogens with zero attached hydrogens (tertiary/aromatic N) is 2. The van der Waals surface area contributed by atoms with Gasteiger partial charge in [-0.25, -0.2) is 8.42 Å². The summed E-state index contributed by atoms with van der Waals surface area (Å²) in [6.45, 7) is 3.53. The highest BCUT2D eigenvalue weighted by atomic mass is 35.5. The van der Waals surface area contributed by atoms with Crippen molar-refractivity contribution in [3.05, 3.63) is 53.1 Å². The van der Waals surface area contributed by atoms with E-state index in [1.165, 1.54) is 17.5 Å². The number of rotatable bonds is 4. The first-order valence-corrected chi connectivity index (χ1v) is 11.8. The van der Waals surface area contributed by atoms with Crippen molar-refractivity contribution >= 4 is 22.4 Å². The highest BCUT2D eigenvalue weighted by molar-refractivity contribution is 7.89. The SMILES string of the molecule is Cl.O=S(=O)(c1ccc2c(c1)CCCC2)N1CCN(Cc2ccc3c(c2)OCO3)CC1. The van der Waals surface area contributed by atoms with E-state index in [-0.39, 0.29) is 19.2 Å². The van der Waals surface area contributed by atoms with E-state index >= 15 is 0 Å². The van der Waals surface area contributed by atoms with Crippen LogP contribution in [0.3, 0.4) is 0 Å². The molecule has 3 aliphatic rings. The van der Waals surface area contributed by atoms with Crippen LogP contribution < -0.4 is 9.47 Å². The summed E-state index contributed by atoms with van der Waals surface area (Å²) in [5.41, 5.74) is 3.67. The Hall–Kier alpha value is -1.80. The molecular formula is C22H27ClN2O4S. The fourth-order valence-electron chi connectivity index (χ4n) is 4.44. The van der Waals surface area contributed by atoms with Gasteiger partial charge in [0.05, 0.1) is 4.90 Å². The predicted octanol–water partition coefficient (Wildman–Crippen LogP) is 3.22. The summed E-state index contributed by atoms with van der Waals surface area (Å²) in [5, 5.41) is 0. The van der Waals surface area contributed by atoms with Gasteiger partial charge in [0.25, 0.3) is 0 Å². The highest BCUT2D eigenvalue weighted by Gasteiger charge is 2.29. The molecule has 1 fully saturated rings. The molecule has 162 valence electrons. The first-order chi connectivity index (χ1) is 14.1. The number of ether oxygens (including phenoxy) is 2. The molecule has 2 aromatic carbocycles. The second-order valence-electron chi connectivity index (χ2n) is 8.01. The van der Waals surface area contributed by atoms with Crippen LogP contribution in [0.1, 0.15) is 29.5 Å². The predicted molar refractivity (Wildman–Crippen MR) is 117 cm³/mol. The van der Waals surface area contributed by atoms with Crippen molar-refractivity contribution in [2.75, 3.05) is 33.0 Å². The average Bonchev–Trinajstić information content (AvgIpc) is 3.22. The molecule has 0 N–H and O–H groups in total. The lowest BCUT2D eigenvalue weighted by Gasteiger charge is -2.34. The van der Waals surface area contributed by atoms with E-state index in [0.717, 1.165) is 56.0 Å². The standard InChI is InChI=1S/C22H26N2O4S.ClH/c25-29(26,20-7-6-18-3-1-2-4-19(18)14-20)24-11-9-23(10-12-24)15-17-5-8-21-22(13-17)28-16-27-21;/h5-8,13-14H,1-4,9-12,15-16H2;1H. The number of hydrogen-bond acceptors (Lipinski definition) is 5. The maximum absolute atomic E-state index is 13.1. The van der Waals surface area contributed by atoms with E-state index in [2.05, 4.69) is 4.90 Å². The third-order valence-electron chi connectivity index (χ3n) is 6.13. The van der Waals surface area contributed by atoms with Gasteiger partial charge < -0.3 is 9.47 Å². The molecule has 2 aliphatic heterocycles. The van der Waals surface area contributed by atoms with Gasteiger partial charge >= 0.3 is 0 Å². The Bertz CT molecular complexity index is 1020. The summed E-state index contributed by atoms with van der Waals surface area (Å²) in [6.07, 6.45) is 4.40. The normalized spacial score (nSPS) is 19.2. The van der Waals surface area contributed by atoms with Gasteiger partial charge in [-0.15, -0.1) is 12.4 Å². The number of hydrogen-bond donors (Lipinski definition) is 0. The van der Waals surface area contributed by atoms with Crippen molar-refractivity contribution in [1.82, 2.24) is 9.21 Å². The fraction of sp³-hybridized carbons (Fsp3) is 0.455. The molecule has 6 nitrogen and oxygen atoms in total. The molecule has 2 aromatic rings. The molecule has 0 radical (unpaired) electrons. The van der Waals surface area contributed by atoms with Crippen LogP contribution in [0.4, 0.5) is 0 Å². The van der Waals surface area contributed by atoms with Gasteiger partial charge in [0, 0.05) is 32.7 Å². The third-order valence-corrected chi connectivity index (χ3v) is 8.03. The number of piperazine rings is 1. The molecule has 1 saturated heterocycles. The van der Waals surface area contributed by atoms with Crippen LogP contribution in [0.25, 0.3) is 0 Å². The van der Waals surface area contributed by atoms with E-state index < -0.39 is 10.0 Å². The molecule has 0 unspecified atom stereocenters. The van der Waals surface area contributed by atoms with Crippen LogP contribution in [0.5, 0.6) is 11.5 Å². The molecule has 0 bridgehead atoms. The highest BCUT2D eigenvalue weighted by Crippen LogP contribution is 2.33. The Morgan fingerprint density at radius 3 is 2.37 bits per heavy atom. The van der Waals surface area contributed by atoms with Gasteiger partial charge in [0.2, 0.25) is 16.8 Å². The van der Waals surface area contributed by atoms with Crippen molar-refractivity contribution in [3.8, 4) is 11.5 Å². The first kappa shape index (κ1) is 21.4. The van der Waals surface area contributed by atoms with Gasteiger partial charge in [0.1, 0.15) is 0 Å². The van der Waals surface area contributed by atoms with E-state index in [1.54, 1.807) is 10.4 Å². The van der Waals surface area contributed by atoms with Gasteiger partial charge in [0.15, 0.2) is 11.5 Å². The smallest absolute Gasteiger partial charge is 0.243 e. The zero-order valence-corrected chi connectivity index (χ0v) is 18.5. The van der Waals surface area contributed by atoms with Gasteiger partial charge in [-0.3, -0.25) is 4.90 Å². The lowest BCUT2D eigenvalue weighted by molar-refractivity contribution is 0.173. The van der Waals surface area contributed by atoms with Crippen LogP contribution in [0.15, 0.2) is 41.3 Å². The molecule has 0 saturated carbocycles. The summed E-state index contributed by atoms with van der Waals surface area (Å²) in [5.74, 6) is 1.57. The Morgan fingerprint density at radius 1 is 0.833 bits per heavy atom. The van der Waals surface area contributed by atoms with E-state index in [4.69, 9.17) is 9.47 Å². The maximum atomic E-state index is 13.1. The molecule has 1 aliphatic carbocycles. The summed E-state index contributed by atoms with van der Waals surface area (Å²) in [4.78, 5) is 2.73. The largest absolute Gasteiger partial charge is 0.454 e. The van der Waals surface area contributed by atoms with Crippen molar-refractivity contribution in [3.63, 3.8) is 0 Å². The molecular weight excluding hydrogens is 424 g/mol. The molecule has 5 rings (SSSR count). The molecule has 0 amide bonds. The number of sulfonamides is 1. The summed E-state index contributed by atoms with van der Waals surface area (Å²) in [7, 11) is -3.43. The zero-order chi connectivity index (χ0) is 19.8. The van der Waals surface area contributed by atoms with E-state index in [0.29, 0.717) is 18.0 Å². The van der Waals surface area contributed by atoms with Gasteiger partial charge in [-0.05, 0) is 66.6 Å². The molecule has 2 heterocycles. The second kappa shape index (κ2) is 8.75. The molecule has 0 aromatic heterocycles. The molecule has 8 heteroatoms. The third kappa shape index (κ3) is 4.17. The summed E-state index contributed by atoms with van der Waals surface area (Å²) < 4.78 is 38.7. The summed E-state index contributed by atoms with van der Waals surface area (Å²) >= 11 is 0. The minimum atomic E-state index is -3.43. The summed E-state index contributed by atoms with van der Waals surface area (Å²) in [6, 6.07) is 11.7. The van der Waals surface area contributed by atoms with E-state index in [9.17, 15) is 8.42 Å². The van der Waals surface area contributed by atoms with Crippen molar-refractivity contribution in [2.24, 2.45) is 0 Å². The quantitative estimate of drug-likeness (QED) is 0.715. The number of fused-ring (bicyclic) bond motifs is 2. The molecule has 0 spiro atoms. The monoisotopic (exact) mass is 450 g/mol. The maximum Gasteiger partial charge on any atom is 0.243 e. The van der Waals surface area contributed by atoms with Crippen molar-refractivity contribution in [2.45, 2.75) is 37.1 Å². The zero-order valence-electron chi connectivity index (χ0n) is 16.9. The number of halogens is 1. The van der Waals surface area contributed by atoms with Crippen LogP contribution in [-0.4, -0.2) is 50.6 Å². The Morgan fingerprint density at radius 2 is 1.57 bits per heavy atom. The Labute approximate surface area is 184 Å². The average molecular weight is 451 g/mol. The van der Waals surface area contributed by atoms with Gasteiger partial charge in [-0.1, -0.05) is 12.1 Å². The van der Waals surface area contributed by atoms with Crippen molar-refractivity contribution < 1.29 is 17.9 Å². The molecule has 0 atom stereocenters. The van der Waals surface area contributed by atoms with Crippen LogP contribution in [0, 0.1) is 0 Å².